The molecule has 0 amide bonds. The second-order valence-electron chi connectivity index (χ2n) is 7.48. The number of carbonyl (C=O) groups excluding carboxylic acids is 1. The number of nitrogens with zero attached hydrogens (tertiary/aromatic N) is 2. The lowest BCUT2D eigenvalue weighted by Crippen LogP contribution is -2.49. The van der Waals surface area contributed by atoms with Crippen LogP contribution in [0.4, 0.5) is 0 Å². The minimum Gasteiger partial charge on any atom is -0.460 e. The molecule has 134 valence electrons. The van der Waals surface area contributed by atoms with Gasteiger partial charge in [0.2, 0.25) is 0 Å². The van der Waals surface area contributed by atoms with Gasteiger partial charge < -0.3 is 9.84 Å². The molecule has 1 N–H and O–H groups in total. The minimum atomic E-state index is -0.515. The zero-order chi connectivity index (χ0) is 17.6. The van der Waals surface area contributed by atoms with Crippen LogP contribution in [0.15, 0.2) is 30.3 Å². The summed E-state index contributed by atoms with van der Waals surface area (Å²) in [5.41, 5.74) is 0.812. The maximum absolute atomic E-state index is 12.1. The summed E-state index contributed by atoms with van der Waals surface area (Å²) in [6, 6.07) is 10.5. The van der Waals surface area contributed by atoms with E-state index in [2.05, 4.69) is 34.1 Å². The molecule has 1 aromatic rings. The molecule has 1 atom stereocenters. The fourth-order valence-corrected chi connectivity index (χ4v) is 2.88. The number of benzene rings is 1. The average Bonchev–Trinajstić information content (AvgIpc) is 2.53. The van der Waals surface area contributed by atoms with Gasteiger partial charge in [0.25, 0.3) is 0 Å². The molecule has 1 aliphatic rings. The van der Waals surface area contributed by atoms with E-state index in [0.29, 0.717) is 6.54 Å². The lowest BCUT2D eigenvalue weighted by molar-refractivity contribution is -0.162. The Labute approximate surface area is 145 Å². The highest BCUT2D eigenvalue weighted by Crippen LogP contribution is 2.14. The first-order chi connectivity index (χ1) is 11.4. The van der Waals surface area contributed by atoms with Crippen molar-refractivity contribution >= 4 is 5.97 Å². The molecule has 0 aromatic heterocycles. The molecule has 1 saturated heterocycles. The largest absolute Gasteiger partial charge is 0.460 e. The van der Waals surface area contributed by atoms with E-state index in [1.807, 2.05) is 26.8 Å². The van der Waals surface area contributed by atoms with Crippen molar-refractivity contribution in [3.05, 3.63) is 35.9 Å². The lowest BCUT2D eigenvalue weighted by Gasteiger charge is -2.36. The Bertz CT molecular complexity index is 505. The van der Waals surface area contributed by atoms with Crippen LogP contribution in [0.5, 0.6) is 0 Å². The summed E-state index contributed by atoms with van der Waals surface area (Å²) >= 11 is 0. The second-order valence-corrected chi connectivity index (χ2v) is 7.48. The summed E-state index contributed by atoms with van der Waals surface area (Å²) in [4.78, 5) is 16.8. The number of ether oxygens (including phenoxy) is 1. The molecular formula is C19H30N2O3. The zero-order valence-electron chi connectivity index (χ0n) is 15.1. The number of hydrogen-bond donors (Lipinski definition) is 1. The summed E-state index contributed by atoms with van der Waals surface area (Å²) in [6.07, 6.45) is 0. The van der Waals surface area contributed by atoms with Gasteiger partial charge in [0.15, 0.2) is 0 Å². The highest BCUT2D eigenvalue weighted by atomic mass is 16.6. The van der Waals surface area contributed by atoms with E-state index in [9.17, 15) is 9.90 Å². The van der Waals surface area contributed by atoms with E-state index >= 15 is 0 Å². The highest BCUT2D eigenvalue weighted by molar-refractivity contribution is 5.73. The van der Waals surface area contributed by atoms with Gasteiger partial charge in [-0.15, -0.1) is 0 Å². The topological polar surface area (TPSA) is 53.0 Å². The highest BCUT2D eigenvalue weighted by Gasteiger charge is 2.28. The number of aliphatic hydroxyl groups excluding tert-OH is 1. The molecule has 2 rings (SSSR count). The van der Waals surface area contributed by atoms with E-state index in [1.165, 1.54) is 5.56 Å². The van der Waals surface area contributed by atoms with Gasteiger partial charge in [0, 0.05) is 39.3 Å². The molecule has 0 saturated carbocycles. The molecule has 0 aliphatic carbocycles. The van der Waals surface area contributed by atoms with E-state index in [4.69, 9.17) is 4.74 Å². The van der Waals surface area contributed by atoms with Crippen LogP contribution >= 0.6 is 0 Å². The molecule has 1 aromatic carbocycles. The van der Waals surface area contributed by atoms with Crippen LogP contribution in [0, 0.1) is 5.92 Å². The normalized spacial score (nSPS) is 18.3. The molecular weight excluding hydrogens is 304 g/mol. The molecule has 0 spiro atoms. The van der Waals surface area contributed by atoms with Crippen molar-refractivity contribution in [2.45, 2.75) is 32.9 Å². The third-order valence-corrected chi connectivity index (χ3v) is 4.15. The number of hydrogen-bond acceptors (Lipinski definition) is 5. The van der Waals surface area contributed by atoms with E-state index in [-0.39, 0.29) is 12.6 Å². The fraction of sp³-hybridized carbons (Fsp3) is 0.632. The summed E-state index contributed by atoms with van der Waals surface area (Å²) in [6.45, 7) is 10.7. The van der Waals surface area contributed by atoms with Gasteiger partial charge >= 0.3 is 5.97 Å². The number of carbonyl (C=O) groups is 1. The van der Waals surface area contributed by atoms with Crippen molar-refractivity contribution in [1.29, 1.82) is 0 Å². The maximum atomic E-state index is 12.1. The Hall–Kier alpha value is -1.43. The van der Waals surface area contributed by atoms with Crippen LogP contribution in [-0.4, -0.2) is 65.8 Å². The van der Waals surface area contributed by atoms with Crippen LogP contribution < -0.4 is 0 Å². The molecule has 0 radical (unpaired) electrons. The molecule has 5 heteroatoms. The maximum Gasteiger partial charge on any atom is 0.313 e. The van der Waals surface area contributed by atoms with Gasteiger partial charge in [0.1, 0.15) is 5.60 Å². The number of piperazine rings is 1. The smallest absolute Gasteiger partial charge is 0.313 e. The monoisotopic (exact) mass is 334 g/mol. The number of rotatable bonds is 6. The van der Waals surface area contributed by atoms with Crippen molar-refractivity contribution in [3.8, 4) is 0 Å². The van der Waals surface area contributed by atoms with Gasteiger partial charge in [-0.2, -0.15) is 0 Å². The first-order valence-electron chi connectivity index (χ1n) is 8.70. The minimum absolute atomic E-state index is 0.168. The molecule has 24 heavy (non-hydrogen) atoms. The second kappa shape index (κ2) is 8.60. The Morgan fingerprint density at radius 2 is 1.71 bits per heavy atom. The van der Waals surface area contributed by atoms with Crippen molar-refractivity contribution in [3.63, 3.8) is 0 Å². The van der Waals surface area contributed by atoms with Crippen LogP contribution in [0.1, 0.15) is 26.3 Å². The number of esters is 1. The zero-order valence-corrected chi connectivity index (χ0v) is 15.1. The van der Waals surface area contributed by atoms with Crippen molar-refractivity contribution < 1.29 is 14.6 Å². The molecule has 1 fully saturated rings. The number of aliphatic hydroxyl groups is 1. The van der Waals surface area contributed by atoms with Crippen molar-refractivity contribution in [2.24, 2.45) is 5.92 Å². The van der Waals surface area contributed by atoms with Gasteiger partial charge in [0.05, 0.1) is 12.5 Å². The Morgan fingerprint density at radius 3 is 2.25 bits per heavy atom. The molecule has 1 unspecified atom stereocenters. The van der Waals surface area contributed by atoms with Gasteiger partial charge in [-0.05, 0) is 26.3 Å². The molecule has 1 heterocycles. The van der Waals surface area contributed by atoms with Crippen LogP contribution in [0.3, 0.4) is 0 Å². The lowest BCUT2D eigenvalue weighted by atomic mass is 10.1. The van der Waals surface area contributed by atoms with E-state index in [0.717, 1.165) is 32.7 Å². The third kappa shape index (κ3) is 6.23. The Balaban J connectivity index is 1.78. The standard InChI is InChI=1S/C19H30N2O3/c1-19(2,3)24-18(23)17(15-22)14-21-11-9-20(10-12-21)13-16-7-5-4-6-8-16/h4-8,17,22H,9-15H2,1-3H3. The Morgan fingerprint density at radius 1 is 1.12 bits per heavy atom. The van der Waals surface area contributed by atoms with Gasteiger partial charge in [-0.3, -0.25) is 14.6 Å². The predicted octanol–water partition coefficient (Wildman–Crippen LogP) is 1.75. The molecule has 1 aliphatic heterocycles. The molecule has 5 nitrogen and oxygen atoms in total. The van der Waals surface area contributed by atoms with Crippen LogP contribution in [0.2, 0.25) is 0 Å². The van der Waals surface area contributed by atoms with Crippen LogP contribution in [-0.2, 0) is 16.1 Å². The summed E-state index contributed by atoms with van der Waals surface area (Å²) < 4.78 is 5.40. The first kappa shape index (κ1) is 18.9. The molecule has 0 bridgehead atoms. The van der Waals surface area contributed by atoms with Crippen molar-refractivity contribution in [1.82, 2.24) is 9.80 Å². The van der Waals surface area contributed by atoms with Gasteiger partial charge in [-0.1, -0.05) is 30.3 Å². The summed E-state index contributed by atoms with van der Waals surface area (Å²) in [5.74, 6) is -0.776. The third-order valence-electron chi connectivity index (χ3n) is 4.15. The predicted molar refractivity (Wildman–Crippen MR) is 94.6 cm³/mol. The first-order valence-corrected chi connectivity index (χ1v) is 8.70. The summed E-state index contributed by atoms with van der Waals surface area (Å²) in [5, 5.41) is 9.53. The van der Waals surface area contributed by atoms with E-state index < -0.39 is 11.5 Å². The summed E-state index contributed by atoms with van der Waals surface area (Å²) in [7, 11) is 0. The fourth-order valence-electron chi connectivity index (χ4n) is 2.88. The van der Waals surface area contributed by atoms with Crippen LogP contribution in [0.25, 0.3) is 0 Å². The SMILES string of the molecule is CC(C)(C)OC(=O)C(CO)CN1CCN(Cc2ccccc2)CC1. The average molecular weight is 334 g/mol. The van der Waals surface area contributed by atoms with Gasteiger partial charge in [-0.25, -0.2) is 0 Å². The quantitative estimate of drug-likeness (QED) is 0.804. The Kier molecular flexibility index (Phi) is 6.78. The van der Waals surface area contributed by atoms with Crippen molar-refractivity contribution in [2.75, 3.05) is 39.3 Å². The van der Waals surface area contributed by atoms with E-state index in [1.54, 1.807) is 0 Å².